The number of hydrogen-bond acceptors (Lipinski definition) is 3. The molecule has 1 saturated carbocycles. The molecule has 1 spiro atoms. The summed E-state index contributed by atoms with van der Waals surface area (Å²) in [5.41, 5.74) is 5.83. The van der Waals surface area contributed by atoms with Crippen LogP contribution >= 0.6 is 0 Å². The van der Waals surface area contributed by atoms with E-state index in [-0.39, 0.29) is 10.8 Å². The Morgan fingerprint density at radius 2 is 2.08 bits per heavy atom. The topological polar surface area (TPSA) is 60.2 Å². The van der Waals surface area contributed by atoms with Crippen molar-refractivity contribution >= 4 is 9.84 Å². The van der Waals surface area contributed by atoms with Gasteiger partial charge in [0.15, 0.2) is 9.84 Å². The average Bonchev–Trinajstić information content (AvgIpc) is 2.31. The zero-order chi connectivity index (χ0) is 9.91. The van der Waals surface area contributed by atoms with Crippen molar-refractivity contribution in [1.82, 2.24) is 0 Å². The van der Waals surface area contributed by atoms with E-state index in [1.807, 2.05) is 0 Å². The lowest BCUT2D eigenvalue weighted by Crippen LogP contribution is -2.13. The van der Waals surface area contributed by atoms with Crippen LogP contribution in [0, 0.1) is 16.7 Å². The summed E-state index contributed by atoms with van der Waals surface area (Å²) >= 11 is 0. The van der Waals surface area contributed by atoms with Crippen LogP contribution in [0.2, 0.25) is 0 Å². The second-order valence-electron chi connectivity index (χ2n) is 5.01. The van der Waals surface area contributed by atoms with Crippen LogP contribution in [0.25, 0.3) is 0 Å². The molecule has 1 heterocycles. The van der Waals surface area contributed by atoms with Crippen LogP contribution in [-0.4, -0.2) is 26.5 Å². The molecule has 4 heteroatoms. The molecule has 2 atom stereocenters. The van der Waals surface area contributed by atoms with Crippen LogP contribution in [0.15, 0.2) is 0 Å². The number of rotatable bonds is 1. The van der Waals surface area contributed by atoms with Gasteiger partial charge in [-0.1, -0.05) is 13.8 Å². The van der Waals surface area contributed by atoms with E-state index in [4.69, 9.17) is 5.73 Å². The van der Waals surface area contributed by atoms with Gasteiger partial charge in [-0.3, -0.25) is 0 Å². The molecule has 76 valence electrons. The van der Waals surface area contributed by atoms with Crippen molar-refractivity contribution < 1.29 is 8.42 Å². The predicted octanol–water partition coefficient (Wildman–Crippen LogP) is 0.406. The number of hydrogen-bond donors (Lipinski definition) is 1. The van der Waals surface area contributed by atoms with Crippen molar-refractivity contribution in [3.05, 3.63) is 0 Å². The first-order valence-electron chi connectivity index (χ1n) is 4.76. The molecular weight excluding hydrogens is 186 g/mol. The quantitative estimate of drug-likeness (QED) is 0.671. The van der Waals surface area contributed by atoms with E-state index >= 15 is 0 Å². The first-order valence-corrected chi connectivity index (χ1v) is 6.58. The van der Waals surface area contributed by atoms with Crippen LogP contribution in [-0.2, 0) is 9.84 Å². The number of nitrogens with two attached hydrogens (primary N) is 1. The van der Waals surface area contributed by atoms with Crippen molar-refractivity contribution in [3.63, 3.8) is 0 Å². The van der Waals surface area contributed by atoms with E-state index in [1.165, 1.54) is 0 Å². The van der Waals surface area contributed by atoms with E-state index in [2.05, 4.69) is 13.8 Å². The van der Waals surface area contributed by atoms with E-state index < -0.39 is 9.84 Å². The summed E-state index contributed by atoms with van der Waals surface area (Å²) in [7, 11) is -2.76. The third kappa shape index (κ3) is 1.02. The van der Waals surface area contributed by atoms with Gasteiger partial charge in [0.25, 0.3) is 0 Å². The van der Waals surface area contributed by atoms with Gasteiger partial charge in [0.2, 0.25) is 0 Å². The Balaban J connectivity index is 2.28. The molecule has 0 bridgehead atoms. The predicted molar refractivity (Wildman–Crippen MR) is 52.0 cm³/mol. The SMILES string of the molecule is CC1(C)C(CN)C12CCS(=O)(=O)C2. The van der Waals surface area contributed by atoms with Crippen molar-refractivity contribution in [1.29, 1.82) is 0 Å². The molecular formula is C9H17NO2S. The van der Waals surface area contributed by atoms with Crippen LogP contribution in [0.3, 0.4) is 0 Å². The van der Waals surface area contributed by atoms with Crippen molar-refractivity contribution in [3.8, 4) is 0 Å². The summed E-state index contributed by atoms with van der Waals surface area (Å²) < 4.78 is 22.8. The summed E-state index contributed by atoms with van der Waals surface area (Å²) in [5, 5.41) is 0. The first-order chi connectivity index (χ1) is 5.86. The second-order valence-corrected chi connectivity index (χ2v) is 7.19. The zero-order valence-corrected chi connectivity index (χ0v) is 9.02. The molecule has 2 fully saturated rings. The molecule has 1 aliphatic heterocycles. The van der Waals surface area contributed by atoms with Gasteiger partial charge in [0.1, 0.15) is 0 Å². The van der Waals surface area contributed by atoms with Gasteiger partial charge >= 0.3 is 0 Å². The normalized spacial score (nSPS) is 45.3. The molecule has 0 radical (unpaired) electrons. The third-order valence-electron chi connectivity index (χ3n) is 4.31. The van der Waals surface area contributed by atoms with Crippen molar-refractivity contribution in [2.24, 2.45) is 22.5 Å². The first kappa shape index (κ1) is 9.46. The Morgan fingerprint density at radius 3 is 2.38 bits per heavy atom. The van der Waals surface area contributed by atoms with Gasteiger partial charge in [-0.15, -0.1) is 0 Å². The highest BCUT2D eigenvalue weighted by atomic mass is 32.2. The highest BCUT2D eigenvalue weighted by molar-refractivity contribution is 7.91. The highest BCUT2D eigenvalue weighted by Crippen LogP contribution is 2.72. The van der Waals surface area contributed by atoms with Gasteiger partial charge in [-0.05, 0) is 29.7 Å². The summed E-state index contributed by atoms with van der Waals surface area (Å²) in [6.45, 7) is 4.92. The maximum atomic E-state index is 11.4. The molecule has 0 aromatic carbocycles. The van der Waals surface area contributed by atoms with Crippen LogP contribution in [0.1, 0.15) is 20.3 Å². The van der Waals surface area contributed by atoms with E-state index in [0.717, 1.165) is 6.42 Å². The monoisotopic (exact) mass is 203 g/mol. The third-order valence-corrected chi connectivity index (χ3v) is 6.09. The largest absolute Gasteiger partial charge is 0.330 e. The van der Waals surface area contributed by atoms with Gasteiger partial charge in [-0.2, -0.15) is 0 Å². The molecule has 2 N–H and O–H groups in total. The van der Waals surface area contributed by atoms with Crippen LogP contribution in [0.4, 0.5) is 0 Å². The lowest BCUT2D eigenvalue weighted by molar-refractivity contribution is 0.427. The molecule has 2 unspecified atom stereocenters. The minimum atomic E-state index is -2.76. The summed E-state index contributed by atoms with van der Waals surface area (Å²) in [5.74, 6) is 1.15. The van der Waals surface area contributed by atoms with Crippen LogP contribution < -0.4 is 5.73 Å². The van der Waals surface area contributed by atoms with Crippen molar-refractivity contribution in [2.45, 2.75) is 20.3 Å². The maximum absolute atomic E-state index is 11.4. The fraction of sp³-hybridized carbons (Fsp3) is 1.00. The zero-order valence-electron chi connectivity index (χ0n) is 8.21. The Hall–Kier alpha value is -0.0900. The summed E-state index contributed by atoms with van der Waals surface area (Å²) in [6.07, 6.45) is 0.824. The molecule has 0 amide bonds. The lowest BCUT2D eigenvalue weighted by atomic mass is 9.96. The van der Waals surface area contributed by atoms with E-state index in [9.17, 15) is 8.42 Å². The molecule has 1 aliphatic carbocycles. The van der Waals surface area contributed by atoms with Gasteiger partial charge < -0.3 is 5.73 Å². The Morgan fingerprint density at radius 1 is 1.46 bits per heavy atom. The smallest absolute Gasteiger partial charge is 0.150 e. The van der Waals surface area contributed by atoms with Gasteiger partial charge in [-0.25, -0.2) is 8.42 Å². The Kier molecular flexibility index (Phi) is 1.66. The standard InChI is InChI=1S/C9H17NO2S/c1-8(2)7(5-10)9(8)3-4-13(11,12)6-9/h7H,3-6,10H2,1-2H3. The fourth-order valence-electron chi connectivity index (χ4n) is 3.24. The summed E-state index contributed by atoms with van der Waals surface area (Å²) in [4.78, 5) is 0. The fourth-order valence-corrected chi connectivity index (χ4v) is 5.56. The lowest BCUT2D eigenvalue weighted by Gasteiger charge is -2.09. The molecule has 0 aromatic heterocycles. The van der Waals surface area contributed by atoms with Gasteiger partial charge in [0.05, 0.1) is 11.5 Å². The van der Waals surface area contributed by atoms with Crippen LogP contribution in [0.5, 0.6) is 0 Å². The Bertz CT molecular complexity index is 334. The van der Waals surface area contributed by atoms with E-state index in [1.54, 1.807) is 0 Å². The molecule has 1 saturated heterocycles. The minimum absolute atomic E-state index is 0.0284. The summed E-state index contributed by atoms with van der Waals surface area (Å²) in [6, 6.07) is 0. The molecule has 2 aliphatic rings. The number of sulfone groups is 1. The Labute approximate surface area is 79.6 Å². The average molecular weight is 203 g/mol. The van der Waals surface area contributed by atoms with Crippen molar-refractivity contribution in [2.75, 3.05) is 18.1 Å². The molecule has 13 heavy (non-hydrogen) atoms. The van der Waals surface area contributed by atoms with Gasteiger partial charge in [0, 0.05) is 0 Å². The minimum Gasteiger partial charge on any atom is -0.330 e. The molecule has 2 rings (SSSR count). The second kappa shape index (κ2) is 2.28. The van der Waals surface area contributed by atoms with E-state index in [0.29, 0.717) is 24.0 Å². The molecule has 3 nitrogen and oxygen atoms in total. The highest BCUT2D eigenvalue weighted by Gasteiger charge is 2.72. The maximum Gasteiger partial charge on any atom is 0.150 e. The molecule has 0 aromatic rings.